The molecule has 0 spiro atoms. The van der Waals surface area contributed by atoms with Gasteiger partial charge in [0.2, 0.25) is 5.88 Å². The van der Waals surface area contributed by atoms with Crippen LogP contribution in [0.5, 0.6) is 5.88 Å². The van der Waals surface area contributed by atoms with Gasteiger partial charge in [0, 0.05) is 18.3 Å². The highest BCUT2D eigenvalue weighted by atomic mass is 16.5. The first-order valence-corrected chi connectivity index (χ1v) is 6.39. The van der Waals surface area contributed by atoms with Crippen LogP contribution in [-0.2, 0) is 6.42 Å². The third-order valence-electron chi connectivity index (χ3n) is 2.92. The van der Waals surface area contributed by atoms with E-state index in [0.717, 1.165) is 13.0 Å². The van der Waals surface area contributed by atoms with Crippen LogP contribution in [0.15, 0.2) is 18.3 Å². The minimum absolute atomic E-state index is 0.519. The molecule has 17 heavy (non-hydrogen) atoms. The van der Waals surface area contributed by atoms with E-state index in [-0.39, 0.29) is 0 Å². The first kappa shape index (κ1) is 14.0. The molecule has 0 bridgehead atoms. The topological polar surface area (TPSA) is 34.1 Å². The summed E-state index contributed by atoms with van der Waals surface area (Å²) < 4.78 is 5.06. The van der Waals surface area contributed by atoms with Crippen LogP contribution in [0.4, 0.5) is 0 Å². The van der Waals surface area contributed by atoms with E-state index in [1.807, 2.05) is 12.3 Å². The smallest absolute Gasteiger partial charge is 0.212 e. The highest BCUT2D eigenvalue weighted by Gasteiger charge is 2.13. The predicted molar refractivity (Wildman–Crippen MR) is 71.4 cm³/mol. The van der Waals surface area contributed by atoms with Crippen LogP contribution in [0.25, 0.3) is 0 Å². The largest absolute Gasteiger partial charge is 0.481 e. The van der Waals surface area contributed by atoms with Gasteiger partial charge in [-0.1, -0.05) is 26.8 Å². The molecule has 0 fully saturated rings. The van der Waals surface area contributed by atoms with E-state index in [1.54, 1.807) is 7.11 Å². The van der Waals surface area contributed by atoms with Crippen molar-refractivity contribution in [3.8, 4) is 5.88 Å². The number of ether oxygens (including phenoxy) is 1. The van der Waals surface area contributed by atoms with Crippen molar-refractivity contribution < 1.29 is 4.74 Å². The lowest BCUT2D eigenvalue weighted by atomic mass is 9.97. The molecule has 3 heteroatoms. The van der Waals surface area contributed by atoms with Crippen LogP contribution in [0.2, 0.25) is 0 Å². The zero-order valence-corrected chi connectivity index (χ0v) is 11.4. The Morgan fingerprint density at radius 3 is 2.59 bits per heavy atom. The number of hydrogen-bond donors (Lipinski definition) is 1. The summed E-state index contributed by atoms with van der Waals surface area (Å²) in [7, 11) is 1.64. The van der Waals surface area contributed by atoms with E-state index in [0.29, 0.717) is 17.8 Å². The second kappa shape index (κ2) is 7.28. The predicted octanol–water partition coefficient (Wildman–Crippen LogP) is 2.66. The molecule has 1 atom stereocenters. The molecule has 0 aliphatic rings. The van der Waals surface area contributed by atoms with Crippen LogP contribution >= 0.6 is 0 Å². The van der Waals surface area contributed by atoms with Crippen LogP contribution in [-0.4, -0.2) is 24.7 Å². The van der Waals surface area contributed by atoms with Crippen molar-refractivity contribution in [2.24, 2.45) is 5.92 Å². The van der Waals surface area contributed by atoms with Crippen LogP contribution < -0.4 is 10.1 Å². The molecule has 3 nitrogen and oxygen atoms in total. The van der Waals surface area contributed by atoms with Crippen molar-refractivity contribution in [2.45, 2.75) is 39.7 Å². The Kier molecular flexibility index (Phi) is 5.98. The molecule has 1 aromatic heterocycles. The number of aromatic nitrogens is 1. The normalized spacial score (nSPS) is 12.8. The number of nitrogens with zero attached hydrogens (tertiary/aromatic N) is 1. The number of rotatable bonds is 7. The Hall–Kier alpha value is -1.09. The number of pyridine rings is 1. The molecule has 0 saturated carbocycles. The Balaban J connectivity index is 2.58. The average Bonchev–Trinajstić information content (AvgIpc) is 2.35. The fraction of sp³-hybridized carbons (Fsp3) is 0.643. The maximum absolute atomic E-state index is 5.06. The zero-order chi connectivity index (χ0) is 12.7. The number of nitrogens with one attached hydrogen (secondary N) is 1. The molecule has 1 unspecified atom stereocenters. The summed E-state index contributed by atoms with van der Waals surface area (Å²) in [6, 6.07) is 4.53. The average molecular weight is 236 g/mol. The van der Waals surface area contributed by atoms with E-state index >= 15 is 0 Å². The summed E-state index contributed by atoms with van der Waals surface area (Å²) in [5.74, 6) is 1.31. The summed E-state index contributed by atoms with van der Waals surface area (Å²) in [6.45, 7) is 7.78. The summed E-state index contributed by atoms with van der Waals surface area (Å²) in [5.41, 5.74) is 1.26. The fourth-order valence-electron chi connectivity index (χ4n) is 1.78. The lowest BCUT2D eigenvalue weighted by Crippen LogP contribution is -2.36. The van der Waals surface area contributed by atoms with E-state index in [9.17, 15) is 0 Å². The zero-order valence-electron chi connectivity index (χ0n) is 11.4. The maximum Gasteiger partial charge on any atom is 0.212 e. The standard InChI is InChI=1S/C14H24N2O/c1-5-8-15-13(11(2)3)9-12-6-7-14(17-4)16-10-12/h6-7,10-11,13,15H,5,8-9H2,1-4H3. The quantitative estimate of drug-likeness (QED) is 0.790. The second-order valence-electron chi connectivity index (χ2n) is 4.72. The lowest BCUT2D eigenvalue weighted by molar-refractivity contribution is 0.391. The molecule has 0 aliphatic heterocycles. The Morgan fingerprint density at radius 1 is 1.35 bits per heavy atom. The van der Waals surface area contributed by atoms with Gasteiger partial charge in [-0.3, -0.25) is 0 Å². The summed E-state index contributed by atoms with van der Waals surface area (Å²) in [5, 5.41) is 3.59. The van der Waals surface area contributed by atoms with Gasteiger partial charge in [0.1, 0.15) is 0 Å². The Labute approximate surface area is 105 Å². The number of hydrogen-bond acceptors (Lipinski definition) is 3. The summed E-state index contributed by atoms with van der Waals surface area (Å²) >= 11 is 0. The van der Waals surface area contributed by atoms with E-state index in [2.05, 4.69) is 37.1 Å². The molecule has 1 heterocycles. The highest BCUT2D eigenvalue weighted by molar-refractivity contribution is 5.18. The van der Waals surface area contributed by atoms with Crippen LogP contribution in [0, 0.1) is 5.92 Å². The molecular formula is C14H24N2O. The SMILES string of the molecule is CCCNC(Cc1ccc(OC)nc1)C(C)C. The molecular weight excluding hydrogens is 212 g/mol. The molecule has 1 aromatic rings. The summed E-state index contributed by atoms with van der Waals surface area (Å²) in [4.78, 5) is 4.24. The van der Waals surface area contributed by atoms with Crippen molar-refractivity contribution in [3.05, 3.63) is 23.9 Å². The van der Waals surface area contributed by atoms with Crippen molar-refractivity contribution in [3.63, 3.8) is 0 Å². The third-order valence-corrected chi connectivity index (χ3v) is 2.92. The van der Waals surface area contributed by atoms with Crippen molar-refractivity contribution in [2.75, 3.05) is 13.7 Å². The van der Waals surface area contributed by atoms with Crippen molar-refractivity contribution in [1.29, 1.82) is 0 Å². The first-order chi connectivity index (χ1) is 8.17. The van der Waals surface area contributed by atoms with Gasteiger partial charge < -0.3 is 10.1 Å². The minimum Gasteiger partial charge on any atom is -0.481 e. The van der Waals surface area contributed by atoms with Gasteiger partial charge in [0.15, 0.2) is 0 Å². The van der Waals surface area contributed by atoms with E-state index in [1.165, 1.54) is 12.0 Å². The first-order valence-electron chi connectivity index (χ1n) is 6.39. The molecule has 96 valence electrons. The van der Waals surface area contributed by atoms with Gasteiger partial charge in [-0.05, 0) is 30.9 Å². The monoisotopic (exact) mass is 236 g/mol. The highest BCUT2D eigenvalue weighted by Crippen LogP contribution is 2.12. The maximum atomic E-state index is 5.06. The molecule has 0 amide bonds. The fourth-order valence-corrected chi connectivity index (χ4v) is 1.78. The van der Waals surface area contributed by atoms with Gasteiger partial charge in [0.25, 0.3) is 0 Å². The van der Waals surface area contributed by atoms with Gasteiger partial charge >= 0.3 is 0 Å². The van der Waals surface area contributed by atoms with E-state index in [4.69, 9.17) is 4.74 Å². The second-order valence-corrected chi connectivity index (χ2v) is 4.72. The third kappa shape index (κ3) is 4.73. The molecule has 1 rings (SSSR count). The van der Waals surface area contributed by atoms with Gasteiger partial charge in [-0.15, -0.1) is 0 Å². The minimum atomic E-state index is 0.519. The summed E-state index contributed by atoms with van der Waals surface area (Å²) in [6.07, 6.45) is 4.10. The molecule has 0 aliphatic carbocycles. The number of methoxy groups -OCH3 is 1. The molecule has 0 saturated heterocycles. The van der Waals surface area contributed by atoms with E-state index < -0.39 is 0 Å². The van der Waals surface area contributed by atoms with Crippen LogP contribution in [0.3, 0.4) is 0 Å². The lowest BCUT2D eigenvalue weighted by Gasteiger charge is -2.22. The van der Waals surface area contributed by atoms with Gasteiger partial charge in [0.05, 0.1) is 7.11 Å². The van der Waals surface area contributed by atoms with Gasteiger partial charge in [-0.2, -0.15) is 0 Å². The molecule has 1 N–H and O–H groups in total. The van der Waals surface area contributed by atoms with Crippen LogP contribution in [0.1, 0.15) is 32.8 Å². The van der Waals surface area contributed by atoms with Crippen molar-refractivity contribution >= 4 is 0 Å². The molecule has 0 radical (unpaired) electrons. The Bertz CT molecular complexity index is 309. The van der Waals surface area contributed by atoms with Crippen molar-refractivity contribution in [1.82, 2.24) is 10.3 Å². The Morgan fingerprint density at radius 2 is 2.12 bits per heavy atom. The van der Waals surface area contributed by atoms with Gasteiger partial charge in [-0.25, -0.2) is 4.98 Å². The molecule has 0 aromatic carbocycles.